The SMILES string of the molecule is Cc1ccc(C(=O)O)cc1-c1ccc(C=c2sc3nc4ccccc4n3c2=O)o1. The van der Waals surface area contributed by atoms with E-state index in [-0.39, 0.29) is 11.1 Å². The Balaban J connectivity index is 1.61. The van der Waals surface area contributed by atoms with E-state index in [1.165, 1.54) is 11.3 Å². The number of carbonyl (C=O) groups is 1. The van der Waals surface area contributed by atoms with Crippen molar-refractivity contribution in [2.24, 2.45) is 0 Å². The molecule has 7 heteroatoms. The van der Waals surface area contributed by atoms with Crippen molar-refractivity contribution in [2.45, 2.75) is 6.92 Å². The molecule has 2 aromatic carbocycles. The van der Waals surface area contributed by atoms with Crippen LogP contribution in [0.5, 0.6) is 0 Å². The molecule has 0 bridgehead atoms. The number of aryl methyl sites for hydroxylation is 1. The zero-order valence-electron chi connectivity index (χ0n) is 15.2. The van der Waals surface area contributed by atoms with Gasteiger partial charge in [-0.3, -0.25) is 4.79 Å². The van der Waals surface area contributed by atoms with Crippen LogP contribution in [-0.2, 0) is 0 Å². The fourth-order valence-electron chi connectivity index (χ4n) is 3.34. The van der Waals surface area contributed by atoms with Crippen LogP contribution in [0.3, 0.4) is 0 Å². The fraction of sp³-hybridized carbons (Fsp3) is 0.0455. The quantitative estimate of drug-likeness (QED) is 0.497. The number of para-hydroxylation sites is 2. The minimum atomic E-state index is -0.991. The highest BCUT2D eigenvalue weighted by Gasteiger charge is 2.13. The molecule has 0 spiro atoms. The topological polar surface area (TPSA) is 84.8 Å². The van der Waals surface area contributed by atoms with Crippen molar-refractivity contribution in [3.05, 3.63) is 86.4 Å². The average molecular weight is 402 g/mol. The number of aromatic carboxylic acids is 1. The fourth-order valence-corrected chi connectivity index (χ4v) is 4.30. The summed E-state index contributed by atoms with van der Waals surface area (Å²) in [6.45, 7) is 1.89. The molecule has 142 valence electrons. The number of thiazole rings is 1. The van der Waals surface area contributed by atoms with Crippen molar-refractivity contribution >= 4 is 39.4 Å². The van der Waals surface area contributed by atoms with Crippen molar-refractivity contribution in [1.82, 2.24) is 9.38 Å². The molecule has 0 radical (unpaired) electrons. The van der Waals surface area contributed by atoms with Gasteiger partial charge in [0.05, 0.1) is 16.6 Å². The molecule has 5 aromatic rings. The Labute approximate surface area is 168 Å². The number of carboxylic acids is 1. The first kappa shape index (κ1) is 17.4. The van der Waals surface area contributed by atoms with E-state index >= 15 is 0 Å². The van der Waals surface area contributed by atoms with Crippen LogP contribution in [0.2, 0.25) is 0 Å². The Kier molecular flexibility index (Phi) is 3.85. The molecule has 0 saturated heterocycles. The zero-order chi connectivity index (χ0) is 20.1. The minimum absolute atomic E-state index is 0.138. The second-order valence-electron chi connectivity index (χ2n) is 6.67. The molecule has 5 rings (SSSR count). The molecule has 3 heterocycles. The molecule has 0 unspecified atom stereocenters. The largest absolute Gasteiger partial charge is 0.478 e. The molecule has 0 saturated carbocycles. The van der Waals surface area contributed by atoms with Gasteiger partial charge in [0.2, 0.25) is 0 Å². The number of hydrogen-bond donors (Lipinski definition) is 1. The van der Waals surface area contributed by atoms with E-state index in [9.17, 15) is 14.7 Å². The number of aromatic nitrogens is 2. The number of hydrogen-bond acceptors (Lipinski definition) is 5. The van der Waals surface area contributed by atoms with Gasteiger partial charge >= 0.3 is 5.97 Å². The summed E-state index contributed by atoms with van der Waals surface area (Å²) in [5.41, 5.74) is 3.24. The van der Waals surface area contributed by atoms with Crippen LogP contribution in [0.15, 0.2) is 63.8 Å². The van der Waals surface area contributed by atoms with Gasteiger partial charge < -0.3 is 9.52 Å². The second-order valence-corrected chi connectivity index (χ2v) is 7.68. The van der Waals surface area contributed by atoms with Gasteiger partial charge in [-0.15, -0.1) is 0 Å². The Morgan fingerprint density at radius 3 is 2.83 bits per heavy atom. The molecular formula is C22H14N2O4S. The van der Waals surface area contributed by atoms with E-state index in [0.717, 1.165) is 16.6 Å². The predicted octanol–water partition coefficient (Wildman–Crippen LogP) is 3.72. The summed E-state index contributed by atoms with van der Waals surface area (Å²) in [5, 5.41) is 9.22. The molecule has 0 amide bonds. The molecule has 29 heavy (non-hydrogen) atoms. The third-order valence-corrected chi connectivity index (χ3v) is 5.76. The van der Waals surface area contributed by atoms with E-state index in [1.54, 1.807) is 40.8 Å². The summed E-state index contributed by atoms with van der Waals surface area (Å²) in [6.07, 6.45) is 1.69. The first-order chi connectivity index (χ1) is 14.0. The highest BCUT2D eigenvalue weighted by molar-refractivity contribution is 7.15. The zero-order valence-corrected chi connectivity index (χ0v) is 16.1. The lowest BCUT2D eigenvalue weighted by atomic mass is 10.0. The van der Waals surface area contributed by atoms with Gasteiger partial charge in [-0.05, 0) is 48.9 Å². The lowest BCUT2D eigenvalue weighted by molar-refractivity contribution is 0.0697. The lowest BCUT2D eigenvalue weighted by Crippen LogP contribution is -2.22. The maximum Gasteiger partial charge on any atom is 0.335 e. The maximum atomic E-state index is 12.9. The first-order valence-electron chi connectivity index (χ1n) is 8.87. The molecule has 3 aromatic heterocycles. The van der Waals surface area contributed by atoms with Crippen molar-refractivity contribution in [3.63, 3.8) is 0 Å². The molecule has 6 nitrogen and oxygen atoms in total. The number of benzene rings is 2. The highest BCUT2D eigenvalue weighted by atomic mass is 32.1. The van der Waals surface area contributed by atoms with E-state index in [4.69, 9.17) is 4.42 Å². The maximum absolute atomic E-state index is 12.9. The Morgan fingerprint density at radius 2 is 2.00 bits per heavy atom. The molecular weight excluding hydrogens is 388 g/mol. The third kappa shape index (κ3) is 2.83. The molecule has 0 aliphatic rings. The normalized spacial score (nSPS) is 12.2. The van der Waals surface area contributed by atoms with Gasteiger partial charge in [-0.1, -0.05) is 29.5 Å². The van der Waals surface area contributed by atoms with Gasteiger partial charge in [0, 0.05) is 11.6 Å². The molecule has 0 aliphatic carbocycles. The first-order valence-corrected chi connectivity index (χ1v) is 9.69. The van der Waals surface area contributed by atoms with Crippen molar-refractivity contribution in [2.75, 3.05) is 0 Å². The number of carboxylic acid groups (broad SMARTS) is 1. The number of imidazole rings is 1. The number of nitrogens with zero attached hydrogens (tertiary/aromatic N) is 2. The van der Waals surface area contributed by atoms with Crippen LogP contribution < -0.4 is 10.1 Å². The summed E-state index contributed by atoms with van der Waals surface area (Å²) < 4.78 is 8.02. The van der Waals surface area contributed by atoms with Crippen LogP contribution in [0, 0.1) is 6.92 Å². The number of furan rings is 1. The minimum Gasteiger partial charge on any atom is -0.478 e. The summed E-state index contributed by atoms with van der Waals surface area (Å²) in [7, 11) is 0. The molecule has 0 fully saturated rings. The van der Waals surface area contributed by atoms with Crippen LogP contribution in [-0.4, -0.2) is 20.5 Å². The second kappa shape index (κ2) is 6.42. The van der Waals surface area contributed by atoms with Crippen molar-refractivity contribution in [3.8, 4) is 11.3 Å². The van der Waals surface area contributed by atoms with E-state index in [1.807, 2.05) is 31.2 Å². The summed E-state index contributed by atoms with van der Waals surface area (Å²) in [6, 6.07) is 16.0. The summed E-state index contributed by atoms with van der Waals surface area (Å²) in [4.78, 5) is 29.3. The Bertz CT molecular complexity index is 1520. The van der Waals surface area contributed by atoms with Crippen LogP contribution in [0.25, 0.3) is 33.4 Å². The van der Waals surface area contributed by atoms with Gasteiger partial charge in [-0.2, -0.15) is 0 Å². The van der Waals surface area contributed by atoms with Crippen LogP contribution in [0.4, 0.5) is 0 Å². The van der Waals surface area contributed by atoms with Crippen LogP contribution >= 0.6 is 11.3 Å². The lowest BCUT2D eigenvalue weighted by Gasteiger charge is -2.04. The van der Waals surface area contributed by atoms with Gasteiger partial charge in [-0.25, -0.2) is 14.2 Å². The predicted molar refractivity (Wildman–Crippen MR) is 111 cm³/mol. The van der Waals surface area contributed by atoms with Gasteiger partial charge in [0.15, 0.2) is 4.96 Å². The molecule has 0 atom stereocenters. The third-order valence-electron chi connectivity index (χ3n) is 4.80. The Morgan fingerprint density at radius 1 is 1.17 bits per heavy atom. The van der Waals surface area contributed by atoms with Crippen molar-refractivity contribution < 1.29 is 14.3 Å². The smallest absolute Gasteiger partial charge is 0.335 e. The van der Waals surface area contributed by atoms with E-state index in [0.29, 0.717) is 26.6 Å². The van der Waals surface area contributed by atoms with Gasteiger partial charge in [0.1, 0.15) is 16.1 Å². The van der Waals surface area contributed by atoms with Crippen molar-refractivity contribution in [1.29, 1.82) is 0 Å². The van der Waals surface area contributed by atoms with Gasteiger partial charge in [0.25, 0.3) is 5.56 Å². The van der Waals surface area contributed by atoms with E-state index < -0.39 is 5.97 Å². The number of fused-ring (bicyclic) bond motifs is 3. The monoisotopic (exact) mass is 402 g/mol. The number of rotatable bonds is 3. The molecule has 1 N–H and O–H groups in total. The summed E-state index contributed by atoms with van der Waals surface area (Å²) >= 11 is 1.31. The van der Waals surface area contributed by atoms with E-state index in [2.05, 4.69) is 4.98 Å². The Hall–Kier alpha value is -3.71. The average Bonchev–Trinajstić information content (AvgIpc) is 3.38. The van der Waals surface area contributed by atoms with Crippen LogP contribution in [0.1, 0.15) is 21.7 Å². The standard InChI is InChI=1S/C22H14N2O4S/c1-12-6-7-13(21(26)27)10-15(12)18-9-8-14(28-18)11-19-20(25)24-17-5-3-2-4-16(17)23-22(24)29-19/h2-11H,1H3,(H,26,27). The molecule has 0 aliphatic heterocycles. The summed E-state index contributed by atoms with van der Waals surface area (Å²) in [5.74, 6) is 0.0804. The highest BCUT2D eigenvalue weighted by Crippen LogP contribution is 2.27.